The maximum Gasteiger partial charge on any atom is 0.336 e. The van der Waals surface area contributed by atoms with Crippen molar-refractivity contribution in [3.8, 4) is 11.3 Å². The lowest BCUT2D eigenvalue weighted by atomic mass is 10.1. The molecule has 1 amide bonds. The monoisotopic (exact) mass is 422 g/mol. The highest BCUT2D eigenvalue weighted by atomic mass is 32.1. The Balaban J connectivity index is 1.59. The Labute approximate surface area is 176 Å². The fourth-order valence-corrected chi connectivity index (χ4v) is 4.25. The molecule has 2 heterocycles. The zero-order chi connectivity index (χ0) is 20.5. The van der Waals surface area contributed by atoms with Gasteiger partial charge in [-0.3, -0.25) is 4.79 Å². The first-order valence-electron chi connectivity index (χ1n) is 9.00. The van der Waals surface area contributed by atoms with E-state index in [0.717, 1.165) is 22.2 Å². The number of hydrogen-bond acceptors (Lipinski definition) is 5. The van der Waals surface area contributed by atoms with Crippen LogP contribution >= 0.6 is 23.6 Å². The number of hydrogen-bond donors (Lipinski definition) is 1. The van der Waals surface area contributed by atoms with Crippen LogP contribution in [0.4, 0.5) is 5.69 Å². The molecule has 7 heteroatoms. The number of carbonyl (C=O) groups is 1. The maximum atomic E-state index is 12.7. The van der Waals surface area contributed by atoms with Gasteiger partial charge in [0.15, 0.2) is 3.95 Å². The summed E-state index contributed by atoms with van der Waals surface area (Å²) in [7, 11) is 0. The fraction of sp³-hybridized carbons (Fsp3) is 0.136. The van der Waals surface area contributed by atoms with Gasteiger partial charge in [0.25, 0.3) is 0 Å². The molecule has 2 aromatic heterocycles. The standard InChI is InChI=1S/C22H18N2O3S2/c1-13-3-5-15(6-4-13)18-12-29-22(28)24(18)11-20(25)23-16-7-8-17-14(2)9-21(26)27-19(17)10-16/h3-10,12H,11H2,1-2H3,(H,23,25). The third kappa shape index (κ3) is 4.06. The maximum absolute atomic E-state index is 12.7. The van der Waals surface area contributed by atoms with E-state index >= 15 is 0 Å². The number of nitrogens with zero attached hydrogens (tertiary/aromatic N) is 1. The van der Waals surface area contributed by atoms with Gasteiger partial charge in [-0.15, -0.1) is 11.3 Å². The second-order valence-electron chi connectivity index (χ2n) is 6.85. The average Bonchev–Trinajstić information content (AvgIpc) is 3.02. The molecule has 1 N–H and O–H groups in total. The molecule has 0 bridgehead atoms. The Hall–Kier alpha value is -3.03. The van der Waals surface area contributed by atoms with Crippen molar-refractivity contribution in [2.75, 3.05) is 5.32 Å². The van der Waals surface area contributed by atoms with E-state index in [1.807, 2.05) is 54.1 Å². The van der Waals surface area contributed by atoms with Crippen molar-refractivity contribution in [1.29, 1.82) is 0 Å². The van der Waals surface area contributed by atoms with Crippen LogP contribution in [0.25, 0.3) is 22.2 Å². The Kier molecular flexibility index (Phi) is 5.17. The van der Waals surface area contributed by atoms with Crippen LogP contribution in [0.3, 0.4) is 0 Å². The van der Waals surface area contributed by atoms with E-state index in [-0.39, 0.29) is 12.5 Å². The molecule has 0 aliphatic rings. The van der Waals surface area contributed by atoms with E-state index < -0.39 is 5.63 Å². The van der Waals surface area contributed by atoms with Crippen LogP contribution in [0.5, 0.6) is 0 Å². The minimum Gasteiger partial charge on any atom is -0.423 e. The predicted molar refractivity (Wildman–Crippen MR) is 119 cm³/mol. The van der Waals surface area contributed by atoms with E-state index in [2.05, 4.69) is 5.32 Å². The van der Waals surface area contributed by atoms with Gasteiger partial charge in [0.2, 0.25) is 5.91 Å². The molecule has 4 rings (SSSR count). The number of anilines is 1. The summed E-state index contributed by atoms with van der Waals surface area (Å²) in [6, 6.07) is 14.8. The number of fused-ring (bicyclic) bond motifs is 1. The quantitative estimate of drug-likeness (QED) is 0.358. The number of rotatable bonds is 4. The van der Waals surface area contributed by atoms with Crippen LogP contribution in [-0.4, -0.2) is 10.5 Å². The highest BCUT2D eigenvalue weighted by Gasteiger charge is 2.12. The molecule has 29 heavy (non-hydrogen) atoms. The van der Waals surface area contributed by atoms with Crippen molar-refractivity contribution in [3.63, 3.8) is 0 Å². The van der Waals surface area contributed by atoms with Gasteiger partial charge < -0.3 is 14.3 Å². The van der Waals surface area contributed by atoms with E-state index in [9.17, 15) is 9.59 Å². The van der Waals surface area contributed by atoms with Crippen molar-refractivity contribution in [3.05, 3.63) is 79.4 Å². The van der Waals surface area contributed by atoms with Gasteiger partial charge in [-0.05, 0) is 49.3 Å². The zero-order valence-corrected chi connectivity index (χ0v) is 17.5. The predicted octanol–water partition coefficient (Wildman–Crippen LogP) is 5.31. The summed E-state index contributed by atoms with van der Waals surface area (Å²) in [6.07, 6.45) is 0. The fourth-order valence-electron chi connectivity index (χ4n) is 3.18. The first kappa shape index (κ1) is 19.3. The molecule has 0 unspecified atom stereocenters. The molecule has 0 aliphatic carbocycles. The minimum absolute atomic E-state index is 0.0986. The molecule has 0 atom stereocenters. The first-order valence-corrected chi connectivity index (χ1v) is 10.3. The van der Waals surface area contributed by atoms with Gasteiger partial charge in [-0.2, -0.15) is 0 Å². The summed E-state index contributed by atoms with van der Waals surface area (Å²) in [6.45, 7) is 3.98. The van der Waals surface area contributed by atoms with Crippen molar-refractivity contribution >= 4 is 46.1 Å². The summed E-state index contributed by atoms with van der Waals surface area (Å²) in [5, 5.41) is 5.67. The summed E-state index contributed by atoms with van der Waals surface area (Å²) < 4.78 is 7.71. The van der Waals surface area contributed by atoms with Crippen molar-refractivity contribution in [2.45, 2.75) is 20.4 Å². The number of amides is 1. The van der Waals surface area contributed by atoms with Gasteiger partial charge in [-0.1, -0.05) is 29.8 Å². The topological polar surface area (TPSA) is 64.2 Å². The summed E-state index contributed by atoms with van der Waals surface area (Å²) in [5.41, 5.74) is 4.53. The number of benzene rings is 2. The van der Waals surface area contributed by atoms with Crippen LogP contribution in [0.15, 0.2) is 63.1 Å². The molecule has 0 fully saturated rings. The third-order valence-corrected chi connectivity index (χ3v) is 5.94. The molecule has 4 aromatic rings. The number of aryl methyl sites for hydroxylation is 2. The lowest BCUT2D eigenvalue weighted by Gasteiger charge is -2.10. The van der Waals surface area contributed by atoms with E-state index in [1.165, 1.54) is 23.0 Å². The number of aromatic nitrogens is 1. The van der Waals surface area contributed by atoms with Crippen LogP contribution in [0.2, 0.25) is 0 Å². The molecular weight excluding hydrogens is 404 g/mol. The second kappa shape index (κ2) is 7.77. The summed E-state index contributed by atoms with van der Waals surface area (Å²) in [4.78, 5) is 24.3. The molecule has 0 radical (unpaired) electrons. The molecule has 0 spiro atoms. The molecular formula is C22H18N2O3S2. The Morgan fingerprint density at radius 3 is 2.66 bits per heavy atom. The average molecular weight is 423 g/mol. The van der Waals surface area contributed by atoms with Gasteiger partial charge in [-0.25, -0.2) is 4.79 Å². The molecule has 0 saturated heterocycles. The molecule has 0 saturated carbocycles. The Morgan fingerprint density at radius 2 is 1.90 bits per heavy atom. The van der Waals surface area contributed by atoms with Crippen molar-refractivity contribution in [1.82, 2.24) is 4.57 Å². The van der Waals surface area contributed by atoms with Crippen LogP contribution in [0.1, 0.15) is 11.1 Å². The Morgan fingerprint density at radius 1 is 1.14 bits per heavy atom. The highest BCUT2D eigenvalue weighted by Crippen LogP contribution is 2.25. The van der Waals surface area contributed by atoms with Gasteiger partial charge >= 0.3 is 5.63 Å². The lowest BCUT2D eigenvalue weighted by Crippen LogP contribution is -2.19. The molecule has 146 valence electrons. The third-order valence-electron chi connectivity index (χ3n) is 4.67. The largest absolute Gasteiger partial charge is 0.423 e. The van der Waals surface area contributed by atoms with E-state index in [4.69, 9.17) is 16.6 Å². The van der Waals surface area contributed by atoms with Crippen molar-refractivity contribution in [2.24, 2.45) is 0 Å². The Bertz CT molecular complexity index is 1330. The summed E-state index contributed by atoms with van der Waals surface area (Å²) in [5.74, 6) is -0.206. The van der Waals surface area contributed by atoms with Gasteiger partial charge in [0, 0.05) is 28.6 Å². The van der Waals surface area contributed by atoms with Crippen LogP contribution in [0, 0.1) is 17.8 Å². The van der Waals surface area contributed by atoms with Crippen LogP contribution < -0.4 is 10.9 Å². The van der Waals surface area contributed by atoms with Gasteiger partial charge in [0.1, 0.15) is 12.1 Å². The smallest absolute Gasteiger partial charge is 0.336 e. The lowest BCUT2D eigenvalue weighted by molar-refractivity contribution is -0.116. The van der Waals surface area contributed by atoms with E-state index in [0.29, 0.717) is 15.2 Å². The first-order chi connectivity index (χ1) is 13.9. The number of thiazole rings is 1. The molecule has 2 aromatic carbocycles. The normalized spacial score (nSPS) is 11.0. The number of nitrogens with one attached hydrogen (secondary N) is 1. The molecule has 0 aliphatic heterocycles. The summed E-state index contributed by atoms with van der Waals surface area (Å²) >= 11 is 6.86. The second-order valence-corrected chi connectivity index (χ2v) is 8.35. The number of carbonyl (C=O) groups excluding carboxylic acids is 1. The SMILES string of the molecule is Cc1ccc(-c2csc(=S)n2CC(=O)Nc2ccc3c(C)cc(=O)oc3c2)cc1. The highest BCUT2D eigenvalue weighted by molar-refractivity contribution is 7.73. The van der Waals surface area contributed by atoms with E-state index in [1.54, 1.807) is 12.1 Å². The van der Waals surface area contributed by atoms with Crippen molar-refractivity contribution < 1.29 is 9.21 Å². The van der Waals surface area contributed by atoms with Gasteiger partial charge in [0.05, 0.1) is 5.69 Å². The minimum atomic E-state index is -0.411. The van der Waals surface area contributed by atoms with Crippen LogP contribution in [-0.2, 0) is 11.3 Å². The molecule has 5 nitrogen and oxygen atoms in total. The zero-order valence-electron chi connectivity index (χ0n) is 15.9.